The summed E-state index contributed by atoms with van der Waals surface area (Å²) in [5.74, 6) is 1.11. The summed E-state index contributed by atoms with van der Waals surface area (Å²) < 4.78 is 12.9. The molecule has 1 aromatic rings. The molecule has 0 saturated heterocycles. The standard InChI is InChI=1S/C15H22FN/c1-4-9-17-10-13-14(15(13,2)3)11-5-7-12(16)8-6-11/h5-8,13-14,17H,4,9-10H2,1-3H3. The molecule has 2 rings (SSSR count). The normalized spacial score (nSPS) is 25.9. The summed E-state index contributed by atoms with van der Waals surface area (Å²) in [5, 5.41) is 3.49. The van der Waals surface area contributed by atoms with Crippen LogP contribution in [0.25, 0.3) is 0 Å². The first-order chi connectivity index (χ1) is 8.07. The van der Waals surface area contributed by atoms with Crippen LogP contribution < -0.4 is 5.32 Å². The van der Waals surface area contributed by atoms with Crippen LogP contribution in [0.2, 0.25) is 0 Å². The maximum Gasteiger partial charge on any atom is 0.123 e. The first-order valence-corrected chi connectivity index (χ1v) is 6.53. The van der Waals surface area contributed by atoms with E-state index in [0.717, 1.165) is 13.1 Å². The highest BCUT2D eigenvalue weighted by molar-refractivity contribution is 5.32. The molecule has 0 aromatic heterocycles. The average molecular weight is 235 g/mol. The van der Waals surface area contributed by atoms with Gasteiger partial charge in [0.15, 0.2) is 0 Å². The Bertz CT molecular complexity index is 369. The van der Waals surface area contributed by atoms with E-state index in [-0.39, 0.29) is 5.82 Å². The number of hydrogen-bond acceptors (Lipinski definition) is 1. The Kier molecular flexibility index (Phi) is 3.53. The van der Waals surface area contributed by atoms with Gasteiger partial charge < -0.3 is 5.32 Å². The van der Waals surface area contributed by atoms with Crippen LogP contribution in [0.1, 0.15) is 38.7 Å². The van der Waals surface area contributed by atoms with Gasteiger partial charge in [-0.3, -0.25) is 0 Å². The topological polar surface area (TPSA) is 12.0 Å². The van der Waals surface area contributed by atoms with Crippen molar-refractivity contribution in [3.8, 4) is 0 Å². The molecule has 1 saturated carbocycles. The van der Waals surface area contributed by atoms with Crippen LogP contribution in [-0.4, -0.2) is 13.1 Å². The molecule has 0 heterocycles. The van der Waals surface area contributed by atoms with Crippen molar-refractivity contribution in [2.24, 2.45) is 11.3 Å². The van der Waals surface area contributed by atoms with E-state index in [1.807, 2.05) is 12.1 Å². The molecule has 1 aliphatic carbocycles. The number of benzene rings is 1. The Balaban J connectivity index is 2.00. The second kappa shape index (κ2) is 4.77. The monoisotopic (exact) mass is 235 g/mol. The van der Waals surface area contributed by atoms with Crippen LogP contribution in [0.5, 0.6) is 0 Å². The van der Waals surface area contributed by atoms with E-state index in [1.165, 1.54) is 12.0 Å². The molecule has 2 unspecified atom stereocenters. The molecule has 0 spiro atoms. The van der Waals surface area contributed by atoms with Gasteiger partial charge in [-0.1, -0.05) is 32.9 Å². The van der Waals surface area contributed by atoms with Gasteiger partial charge in [0, 0.05) is 0 Å². The molecule has 1 nitrogen and oxygen atoms in total. The fourth-order valence-corrected chi connectivity index (χ4v) is 2.89. The molecule has 2 heteroatoms. The van der Waals surface area contributed by atoms with E-state index in [0.29, 0.717) is 17.3 Å². The number of nitrogens with one attached hydrogen (secondary N) is 1. The lowest BCUT2D eigenvalue weighted by molar-refractivity contribution is 0.518. The summed E-state index contributed by atoms with van der Waals surface area (Å²) in [6.45, 7) is 8.95. The van der Waals surface area contributed by atoms with E-state index >= 15 is 0 Å². The lowest BCUT2D eigenvalue weighted by Gasteiger charge is -2.03. The fourth-order valence-electron chi connectivity index (χ4n) is 2.89. The molecule has 17 heavy (non-hydrogen) atoms. The molecule has 0 amide bonds. The Morgan fingerprint density at radius 3 is 2.47 bits per heavy atom. The summed E-state index contributed by atoms with van der Waals surface area (Å²) in [6.07, 6.45) is 1.17. The molecular weight excluding hydrogens is 213 g/mol. The Morgan fingerprint density at radius 2 is 1.88 bits per heavy atom. The molecule has 0 aliphatic heterocycles. The zero-order valence-corrected chi connectivity index (χ0v) is 11.0. The smallest absolute Gasteiger partial charge is 0.123 e. The second-order valence-corrected chi connectivity index (χ2v) is 5.66. The van der Waals surface area contributed by atoms with E-state index in [2.05, 4.69) is 26.1 Å². The van der Waals surface area contributed by atoms with Gasteiger partial charge in [0.25, 0.3) is 0 Å². The quantitative estimate of drug-likeness (QED) is 0.769. The molecule has 1 N–H and O–H groups in total. The zero-order chi connectivity index (χ0) is 12.5. The molecule has 0 radical (unpaired) electrons. The minimum atomic E-state index is -0.145. The summed E-state index contributed by atoms with van der Waals surface area (Å²) in [5.41, 5.74) is 1.62. The SMILES string of the molecule is CCCNCC1C(c2ccc(F)cc2)C1(C)C. The Morgan fingerprint density at radius 1 is 1.24 bits per heavy atom. The highest BCUT2D eigenvalue weighted by Gasteiger charge is 2.57. The van der Waals surface area contributed by atoms with Gasteiger partial charge >= 0.3 is 0 Å². The molecule has 0 bridgehead atoms. The van der Waals surface area contributed by atoms with Crippen molar-refractivity contribution < 1.29 is 4.39 Å². The summed E-state index contributed by atoms with van der Waals surface area (Å²) >= 11 is 0. The predicted molar refractivity (Wildman–Crippen MR) is 69.6 cm³/mol. The Hall–Kier alpha value is -0.890. The largest absolute Gasteiger partial charge is 0.316 e. The van der Waals surface area contributed by atoms with Gasteiger partial charge in [-0.15, -0.1) is 0 Å². The molecule has 1 aliphatic rings. The van der Waals surface area contributed by atoms with Crippen LogP contribution >= 0.6 is 0 Å². The number of rotatable bonds is 5. The van der Waals surface area contributed by atoms with E-state index in [1.54, 1.807) is 12.1 Å². The van der Waals surface area contributed by atoms with E-state index in [9.17, 15) is 4.39 Å². The third-order valence-corrected chi connectivity index (χ3v) is 4.07. The third kappa shape index (κ3) is 2.52. The van der Waals surface area contributed by atoms with Crippen molar-refractivity contribution >= 4 is 0 Å². The van der Waals surface area contributed by atoms with Crippen molar-refractivity contribution in [1.29, 1.82) is 0 Å². The number of halogens is 1. The molecule has 2 atom stereocenters. The zero-order valence-electron chi connectivity index (χ0n) is 11.0. The summed E-state index contributed by atoms with van der Waals surface area (Å²) in [7, 11) is 0. The second-order valence-electron chi connectivity index (χ2n) is 5.66. The lowest BCUT2D eigenvalue weighted by atomic mass is 10.0. The number of hydrogen-bond donors (Lipinski definition) is 1. The van der Waals surface area contributed by atoms with Crippen molar-refractivity contribution in [3.05, 3.63) is 35.6 Å². The molecule has 94 valence electrons. The maximum absolute atomic E-state index is 12.9. The van der Waals surface area contributed by atoms with Crippen LogP contribution in [0, 0.1) is 17.2 Å². The van der Waals surface area contributed by atoms with Gasteiger partial charge in [0.05, 0.1) is 0 Å². The minimum Gasteiger partial charge on any atom is -0.316 e. The molecule has 1 aromatic carbocycles. The third-order valence-electron chi connectivity index (χ3n) is 4.07. The fraction of sp³-hybridized carbons (Fsp3) is 0.600. The van der Waals surface area contributed by atoms with Gasteiger partial charge in [-0.05, 0) is 54.5 Å². The van der Waals surface area contributed by atoms with Crippen molar-refractivity contribution in [2.75, 3.05) is 13.1 Å². The van der Waals surface area contributed by atoms with E-state index in [4.69, 9.17) is 0 Å². The summed E-state index contributed by atoms with van der Waals surface area (Å²) in [4.78, 5) is 0. The lowest BCUT2D eigenvalue weighted by Crippen LogP contribution is -2.19. The predicted octanol–water partition coefficient (Wildman–Crippen LogP) is 3.56. The minimum absolute atomic E-state index is 0.145. The molecule has 1 fully saturated rings. The van der Waals surface area contributed by atoms with Crippen LogP contribution in [0.4, 0.5) is 4.39 Å². The highest BCUT2D eigenvalue weighted by atomic mass is 19.1. The van der Waals surface area contributed by atoms with Crippen molar-refractivity contribution in [1.82, 2.24) is 5.32 Å². The van der Waals surface area contributed by atoms with Crippen LogP contribution in [0.15, 0.2) is 24.3 Å². The summed E-state index contributed by atoms with van der Waals surface area (Å²) in [6, 6.07) is 7.00. The highest BCUT2D eigenvalue weighted by Crippen LogP contribution is 2.63. The first-order valence-electron chi connectivity index (χ1n) is 6.53. The van der Waals surface area contributed by atoms with Crippen LogP contribution in [-0.2, 0) is 0 Å². The first kappa shape index (κ1) is 12.6. The Labute approximate surface area is 103 Å². The molecular formula is C15H22FN. The van der Waals surface area contributed by atoms with Crippen molar-refractivity contribution in [2.45, 2.75) is 33.1 Å². The maximum atomic E-state index is 12.9. The van der Waals surface area contributed by atoms with Gasteiger partial charge in [-0.25, -0.2) is 4.39 Å². The average Bonchev–Trinajstić information content (AvgIpc) is 2.83. The van der Waals surface area contributed by atoms with Gasteiger partial charge in [0.1, 0.15) is 5.82 Å². The van der Waals surface area contributed by atoms with E-state index < -0.39 is 0 Å². The van der Waals surface area contributed by atoms with Gasteiger partial charge in [0.2, 0.25) is 0 Å². The van der Waals surface area contributed by atoms with Gasteiger partial charge in [-0.2, -0.15) is 0 Å². The van der Waals surface area contributed by atoms with Crippen LogP contribution in [0.3, 0.4) is 0 Å². The van der Waals surface area contributed by atoms with Crippen molar-refractivity contribution in [3.63, 3.8) is 0 Å².